The maximum atomic E-state index is 14.3. The van der Waals surface area contributed by atoms with Crippen molar-refractivity contribution in [1.29, 1.82) is 0 Å². The Kier molecular flexibility index (Phi) is 7.83. The zero-order valence-corrected chi connectivity index (χ0v) is 21.6. The van der Waals surface area contributed by atoms with E-state index < -0.39 is 5.41 Å². The monoisotopic (exact) mass is 534 g/mol. The molecule has 1 fully saturated rings. The highest BCUT2D eigenvalue weighted by atomic mass is 35.5. The summed E-state index contributed by atoms with van der Waals surface area (Å²) in [4.78, 5) is 25.1. The summed E-state index contributed by atoms with van der Waals surface area (Å²) in [7, 11) is 0. The number of nitrogens with zero attached hydrogens (tertiary/aromatic N) is 4. The molecule has 9 heteroatoms. The van der Waals surface area contributed by atoms with E-state index in [-0.39, 0.29) is 18.3 Å². The average molecular weight is 536 g/mol. The smallest absolute Gasteiger partial charge is 0.239 e. The van der Waals surface area contributed by atoms with E-state index in [1.54, 1.807) is 12.5 Å². The molecule has 0 atom stereocenters. The maximum Gasteiger partial charge on any atom is 0.239 e. The van der Waals surface area contributed by atoms with Gasteiger partial charge in [-0.25, -0.2) is 9.97 Å². The number of hydrogen-bond donors (Lipinski definition) is 0. The first-order valence-corrected chi connectivity index (χ1v) is 12.7. The van der Waals surface area contributed by atoms with E-state index in [0.29, 0.717) is 21.7 Å². The highest BCUT2D eigenvalue weighted by Gasteiger charge is 2.45. The number of rotatable bonds is 7. The van der Waals surface area contributed by atoms with E-state index in [4.69, 9.17) is 28.2 Å². The van der Waals surface area contributed by atoms with Gasteiger partial charge in [-0.15, -0.1) is 12.4 Å². The van der Waals surface area contributed by atoms with Crippen LogP contribution in [0.15, 0.2) is 61.2 Å². The Morgan fingerprint density at radius 1 is 1.12 bits per heavy atom. The molecule has 0 saturated heterocycles. The van der Waals surface area contributed by atoms with Crippen molar-refractivity contribution < 1.29 is 4.79 Å². The van der Waals surface area contributed by atoms with E-state index >= 15 is 0 Å². The molecular formula is C25H25Cl3N4OS. The Morgan fingerprint density at radius 3 is 2.56 bits per heavy atom. The van der Waals surface area contributed by atoms with Crippen LogP contribution in [0.4, 0.5) is 5.13 Å². The predicted molar refractivity (Wildman–Crippen MR) is 143 cm³/mol. The second kappa shape index (κ2) is 10.6. The molecule has 5 nitrogen and oxygen atoms in total. The second-order valence-electron chi connectivity index (χ2n) is 8.49. The summed E-state index contributed by atoms with van der Waals surface area (Å²) < 4.78 is 3.01. The first-order chi connectivity index (χ1) is 16.1. The Balaban J connectivity index is 0.00000274. The number of fused-ring (bicyclic) bond motifs is 1. The van der Waals surface area contributed by atoms with Crippen LogP contribution in [0.1, 0.15) is 37.7 Å². The number of benzene rings is 2. The normalized spacial score (nSPS) is 14.8. The summed E-state index contributed by atoms with van der Waals surface area (Å²) in [6.45, 7) is 1.35. The summed E-state index contributed by atoms with van der Waals surface area (Å²) in [6.07, 6.45) is 10.0. The number of carbonyl (C=O) groups excluding carboxylic acids is 1. The SMILES string of the molecule is Cl.O=C(N(CCCn1ccnc1)c1nc2c(Cl)cccc2s1)C1(c2ccc(Cl)cc2)CCCC1. The minimum absolute atomic E-state index is 0. The molecule has 0 spiro atoms. The number of aryl methyl sites for hydroxylation is 1. The van der Waals surface area contributed by atoms with Gasteiger partial charge in [0.2, 0.25) is 5.91 Å². The zero-order chi connectivity index (χ0) is 22.8. The quantitative estimate of drug-likeness (QED) is 0.252. The molecule has 0 radical (unpaired) electrons. The fraction of sp³-hybridized carbons (Fsp3) is 0.320. The van der Waals surface area contributed by atoms with Crippen LogP contribution in [0.25, 0.3) is 10.2 Å². The molecule has 1 aliphatic carbocycles. The zero-order valence-electron chi connectivity index (χ0n) is 18.5. The topological polar surface area (TPSA) is 51.0 Å². The lowest BCUT2D eigenvalue weighted by Gasteiger charge is -2.34. The minimum Gasteiger partial charge on any atom is -0.337 e. The van der Waals surface area contributed by atoms with E-state index in [1.807, 2.05) is 58.1 Å². The lowest BCUT2D eigenvalue weighted by Crippen LogP contribution is -2.46. The van der Waals surface area contributed by atoms with Crippen molar-refractivity contribution >= 4 is 68.2 Å². The van der Waals surface area contributed by atoms with Gasteiger partial charge in [0.15, 0.2) is 5.13 Å². The molecule has 0 N–H and O–H groups in total. The van der Waals surface area contributed by atoms with E-state index in [1.165, 1.54) is 11.3 Å². The first-order valence-electron chi connectivity index (χ1n) is 11.2. The number of thiazole rings is 1. The number of imidazole rings is 1. The van der Waals surface area contributed by atoms with Crippen LogP contribution in [0.5, 0.6) is 0 Å². The third kappa shape index (κ3) is 4.82. The van der Waals surface area contributed by atoms with Crippen LogP contribution in [-0.4, -0.2) is 27.0 Å². The molecule has 1 aliphatic rings. The number of hydrogen-bond acceptors (Lipinski definition) is 4. The fourth-order valence-electron chi connectivity index (χ4n) is 4.76. The van der Waals surface area contributed by atoms with Gasteiger partial charge < -0.3 is 4.57 Å². The molecule has 4 aromatic rings. The van der Waals surface area contributed by atoms with Gasteiger partial charge in [-0.2, -0.15) is 0 Å². The van der Waals surface area contributed by atoms with Crippen LogP contribution < -0.4 is 4.90 Å². The van der Waals surface area contributed by atoms with Crippen molar-refractivity contribution in [2.75, 3.05) is 11.4 Å². The molecule has 1 amide bonds. The average Bonchev–Trinajstić information content (AvgIpc) is 3.58. The van der Waals surface area contributed by atoms with Crippen LogP contribution >= 0.6 is 46.9 Å². The summed E-state index contributed by atoms with van der Waals surface area (Å²) in [6, 6.07) is 13.5. The predicted octanol–water partition coefficient (Wildman–Crippen LogP) is 7.16. The van der Waals surface area contributed by atoms with Crippen molar-refractivity contribution in [3.8, 4) is 0 Å². The van der Waals surface area contributed by atoms with E-state index in [0.717, 1.165) is 54.4 Å². The largest absolute Gasteiger partial charge is 0.337 e. The van der Waals surface area contributed by atoms with Crippen molar-refractivity contribution in [2.24, 2.45) is 0 Å². The first kappa shape index (κ1) is 25.0. The third-order valence-corrected chi connectivity index (χ3v) is 8.06. The molecule has 2 heterocycles. The molecule has 1 saturated carbocycles. The molecule has 2 aromatic heterocycles. The van der Waals surface area contributed by atoms with Crippen molar-refractivity contribution in [1.82, 2.24) is 14.5 Å². The molecule has 2 aromatic carbocycles. The van der Waals surface area contributed by atoms with Gasteiger partial charge in [-0.1, -0.05) is 65.6 Å². The van der Waals surface area contributed by atoms with E-state index in [2.05, 4.69) is 4.98 Å². The maximum absolute atomic E-state index is 14.3. The van der Waals surface area contributed by atoms with Gasteiger partial charge in [0.05, 0.1) is 21.5 Å². The number of anilines is 1. The Labute approximate surface area is 219 Å². The van der Waals surface area contributed by atoms with Crippen molar-refractivity contribution in [2.45, 2.75) is 44.1 Å². The second-order valence-corrected chi connectivity index (χ2v) is 10.3. The summed E-state index contributed by atoms with van der Waals surface area (Å²) >= 11 is 14.1. The van der Waals surface area contributed by atoms with Crippen LogP contribution in [0.3, 0.4) is 0 Å². The number of halogens is 3. The minimum atomic E-state index is -0.554. The van der Waals surface area contributed by atoms with Gasteiger partial charge >= 0.3 is 0 Å². The lowest BCUT2D eigenvalue weighted by molar-refractivity contribution is -0.124. The summed E-state index contributed by atoms with van der Waals surface area (Å²) in [5, 5.41) is 1.99. The molecule has 34 heavy (non-hydrogen) atoms. The van der Waals surface area contributed by atoms with Gasteiger partial charge in [-0.3, -0.25) is 9.69 Å². The number of aromatic nitrogens is 3. The van der Waals surface area contributed by atoms with Gasteiger partial charge in [0.1, 0.15) is 5.52 Å². The van der Waals surface area contributed by atoms with Crippen LogP contribution in [0.2, 0.25) is 10.0 Å². The summed E-state index contributed by atoms with van der Waals surface area (Å²) in [5.74, 6) is 0.114. The van der Waals surface area contributed by atoms with E-state index in [9.17, 15) is 4.79 Å². The fourth-order valence-corrected chi connectivity index (χ4v) is 6.18. The Hall–Kier alpha value is -2.12. The van der Waals surface area contributed by atoms with Crippen molar-refractivity contribution in [3.05, 3.63) is 76.8 Å². The molecule has 5 rings (SSSR count). The standard InChI is InChI=1S/C25H24Cl2N4OS.ClH/c26-19-9-7-18(8-10-19)25(11-1-2-12-25)23(32)31(15-4-14-30-16-13-28-17-30)24-29-22-20(27)5-3-6-21(22)33-24;/h3,5-10,13,16-17H,1-2,4,11-12,14-15H2;1H. The van der Waals surface area contributed by atoms with Gasteiger partial charge in [0, 0.05) is 30.5 Å². The Morgan fingerprint density at radius 2 is 1.88 bits per heavy atom. The van der Waals surface area contributed by atoms with Gasteiger partial charge in [0.25, 0.3) is 0 Å². The number of carbonyl (C=O) groups is 1. The Bertz CT molecular complexity index is 1250. The van der Waals surface area contributed by atoms with Gasteiger partial charge in [-0.05, 0) is 49.1 Å². The highest BCUT2D eigenvalue weighted by Crippen LogP contribution is 2.44. The number of para-hydroxylation sites is 1. The summed E-state index contributed by atoms with van der Waals surface area (Å²) in [5.41, 5.74) is 1.23. The highest BCUT2D eigenvalue weighted by molar-refractivity contribution is 7.22. The molecular weight excluding hydrogens is 511 g/mol. The third-order valence-electron chi connectivity index (χ3n) is 6.46. The molecule has 178 valence electrons. The van der Waals surface area contributed by atoms with Crippen LogP contribution in [-0.2, 0) is 16.8 Å². The number of amides is 1. The molecule has 0 bridgehead atoms. The van der Waals surface area contributed by atoms with Crippen LogP contribution in [0, 0.1) is 0 Å². The lowest BCUT2D eigenvalue weighted by atomic mass is 9.77. The van der Waals surface area contributed by atoms with Crippen molar-refractivity contribution in [3.63, 3.8) is 0 Å². The molecule has 0 unspecified atom stereocenters. The molecule has 0 aliphatic heterocycles.